The highest BCUT2D eigenvalue weighted by Crippen LogP contribution is 2.34. The van der Waals surface area contributed by atoms with Crippen molar-refractivity contribution in [2.45, 2.75) is 31.9 Å². The molecule has 0 bridgehead atoms. The zero-order valence-electron chi connectivity index (χ0n) is 12.8. The molecule has 1 aromatic carbocycles. The molecule has 2 aliphatic heterocycles. The highest BCUT2D eigenvalue weighted by Gasteiger charge is 2.42. The van der Waals surface area contributed by atoms with Gasteiger partial charge in [0.1, 0.15) is 12.3 Å². The lowest BCUT2D eigenvalue weighted by Crippen LogP contribution is -2.56. The number of amides is 2. The second-order valence-corrected chi connectivity index (χ2v) is 6.01. The van der Waals surface area contributed by atoms with E-state index in [0.717, 1.165) is 5.56 Å². The monoisotopic (exact) mass is 318 g/mol. The van der Waals surface area contributed by atoms with Crippen molar-refractivity contribution < 1.29 is 24.2 Å². The number of ether oxygens (including phenoxy) is 1. The Kier molecular flexibility index (Phi) is 3.71. The number of hydrogen-bond donors (Lipinski definition) is 2. The molecule has 0 aliphatic carbocycles. The third-order valence-corrected chi connectivity index (χ3v) is 4.23. The molecule has 2 amide bonds. The van der Waals surface area contributed by atoms with Gasteiger partial charge in [-0.05, 0) is 19.1 Å². The molecule has 0 unspecified atom stereocenters. The zero-order chi connectivity index (χ0) is 16.6. The smallest absolute Gasteiger partial charge is 0.323 e. The van der Waals surface area contributed by atoms with Crippen LogP contribution in [-0.2, 0) is 9.59 Å². The molecule has 7 nitrogen and oxygen atoms in total. The first-order valence-corrected chi connectivity index (χ1v) is 7.50. The van der Waals surface area contributed by atoms with Crippen LogP contribution in [0.1, 0.15) is 35.2 Å². The van der Waals surface area contributed by atoms with Gasteiger partial charge in [-0.3, -0.25) is 14.4 Å². The highest BCUT2D eigenvalue weighted by molar-refractivity contribution is 5.98. The van der Waals surface area contributed by atoms with Crippen molar-refractivity contribution in [3.05, 3.63) is 29.3 Å². The Labute approximate surface area is 133 Å². The van der Waals surface area contributed by atoms with Crippen LogP contribution in [0.5, 0.6) is 5.75 Å². The van der Waals surface area contributed by atoms with Crippen LogP contribution in [0.3, 0.4) is 0 Å². The average molecular weight is 318 g/mol. The van der Waals surface area contributed by atoms with Gasteiger partial charge in [-0.15, -0.1) is 0 Å². The van der Waals surface area contributed by atoms with Gasteiger partial charge in [0.05, 0.1) is 5.56 Å². The summed E-state index contributed by atoms with van der Waals surface area (Å²) in [7, 11) is 0. The van der Waals surface area contributed by atoms with E-state index in [4.69, 9.17) is 9.84 Å². The van der Waals surface area contributed by atoms with Gasteiger partial charge in [0.2, 0.25) is 5.91 Å². The third-order valence-electron chi connectivity index (χ3n) is 4.23. The normalized spacial score (nSPS) is 23.8. The summed E-state index contributed by atoms with van der Waals surface area (Å²) < 4.78 is 6.01. The Morgan fingerprint density at radius 1 is 1.39 bits per heavy atom. The van der Waals surface area contributed by atoms with Gasteiger partial charge >= 0.3 is 5.97 Å². The van der Waals surface area contributed by atoms with Gasteiger partial charge in [0.25, 0.3) is 5.91 Å². The molecule has 0 radical (unpaired) electrons. The number of carbonyl (C=O) groups is 3. The third kappa shape index (κ3) is 2.99. The van der Waals surface area contributed by atoms with Crippen LogP contribution in [-0.4, -0.2) is 46.6 Å². The van der Waals surface area contributed by atoms with Crippen LogP contribution in [0.2, 0.25) is 0 Å². The molecule has 1 aromatic rings. The first-order chi connectivity index (χ1) is 10.9. The number of carboxylic acid groups (broad SMARTS) is 1. The minimum Gasteiger partial charge on any atom is -0.480 e. The van der Waals surface area contributed by atoms with Crippen molar-refractivity contribution in [1.82, 2.24) is 10.2 Å². The number of rotatable bonds is 2. The summed E-state index contributed by atoms with van der Waals surface area (Å²) in [6.07, 6.45) is 0.806. The fourth-order valence-corrected chi connectivity index (χ4v) is 3.01. The molecule has 1 atom stereocenters. The van der Waals surface area contributed by atoms with E-state index >= 15 is 0 Å². The molecule has 122 valence electrons. The fraction of sp³-hybridized carbons (Fsp3) is 0.438. The lowest BCUT2D eigenvalue weighted by atomic mass is 9.99. The molecule has 2 heterocycles. The number of hydrogen-bond acceptors (Lipinski definition) is 4. The molecular weight excluding hydrogens is 300 g/mol. The number of fused-ring (bicyclic) bond motifs is 1. The summed E-state index contributed by atoms with van der Waals surface area (Å²) in [5.74, 6) is -1.02. The molecule has 3 rings (SSSR count). The Bertz CT molecular complexity index is 687. The van der Waals surface area contributed by atoms with Crippen molar-refractivity contribution in [2.75, 3.05) is 13.1 Å². The molecule has 1 fully saturated rings. The fourth-order valence-electron chi connectivity index (χ4n) is 3.01. The van der Waals surface area contributed by atoms with E-state index in [1.807, 2.05) is 13.0 Å². The predicted molar refractivity (Wildman–Crippen MR) is 80.1 cm³/mol. The molecule has 7 heteroatoms. The number of aryl methyl sites for hydroxylation is 1. The van der Waals surface area contributed by atoms with Crippen LogP contribution in [0, 0.1) is 6.92 Å². The molecule has 0 saturated carbocycles. The van der Waals surface area contributed by atoms with Crippen molar-refractivity contribution in [3.63, 3.8) is 0 Å². The van der Waals surface area contributed by atoms with Crippen LogP contribution < -0.4 is 10.1 Å². The van der Waals surface area contributed by atoms with E-state index in [9.17, 15) is 14.4 Å². The topological polar surface area (TPSA) is 95.9 Å². The van der Waals surface area contributed by atoms with E-state index in [-0.39, 0.29) is 31.3 Å². The standard InChI is InChI=1S/C16H18N2O5/c1-10-2-3-12-11(8-10)15(22)17-16(23-12)5-4-13(19)18(7-6-16)9-14(20)21/h2-3,8H,4-7,9H2,1H3,(H,17,22)(H,20,21)/t16-/m1/s1. The summed E-state index contributed by atoms with van der Waals surface area (Å²) >= 11 is 0. The van der Waals surface area contributed by atoms with E-state index < -0.39 is 11.7 Å². The molecule has 2 aliphatic rings. The minimum atomic E-state index is -1.05. The van der Waals surface area contributed by atoms with Crippen LogP contribution in [0.4, 0.5) is 0 Å². The Balaban J connectivity index is 1.83. The maximum Gasteiger partial charge on any atom is 0.323 e. The molecule has 23 heavy (non-hydrogen) atoms. The van der Waals surface area contributed by atoms with Gasteiger partial charge < -0.3 is 20.1 Å². The Morgan fingerprint density at radius 2 is 2.17 bits per heavy atom. The molecule has 2 N–H and O–H groups in total. The quantitative estimate of drug-likeness (QED) is 0.845. The largest absolute Gasteiger partial charge is 0.480 e. The summed E-state index contributed by atoms with van der Waals surface area (Å²) in [5, 5.41) is 11.7. The van der Waals surface area contributed by atoms with Crippen molar-refractivity contribution >= 4 is 17.8 Å². The van der Waals surface area contributed by atoms with E-state index in [1.54, 1.807) is 12.1 Å². The number of likely N-dealkylation sites (tertiary alicyclic amines) is 1. The second kappa shape index (κ2) is 5.57. The van der Waals surface area contributed by atoms with E-state index in [2.05, 4.69) is 5.32 Å². The van der Waals surface area contributed by atoms with Gasteiger partial charge in [0, 0.05) is 25.8 Å². The van der Waals surface area contributed by atoms with Crippen LogP contribution >= 0.6 is 0 Å². The number of carboxylic acids is 1. The van der Waals surface area contributed by atoms with Crippen molar-refractivity contribution in [2.24, 2.45) is 0 Å². The van der Waals surface area contributed by atoms with Crippen molar-refractivity contribution in [3.8, 4) is 5.75 Å². The van der Waals surface area contributed by atoms with Gasteiger partial charge in [0.15, 0.2) is 5.72 Å². The number of aliphatic carboxylic acids is 1. The molecule has 1 saturated heterocycles. The first-order valence-electron chi connectivity index (χ1n) is 7.50. The maximum atomic E-state index is 12.4. The van der Waals surface area contributed by atoms with E-state index in [1.165, 1.54) is 4.90 Å². The number of benzene rings is 1. The first kappa shape index (κ1) is 15.3. The predicted octanol–water partition coefficient (Wildman–Crippen LogP) is 0.911. The highest BCUT2D eigenvalue weighted by atomic mass is 16.5. The van der Waals surface area contributed by atoms with Gasteiger partial charge in [-0.25, -0.2) is 0 Å². The molecular formula is C16H18N2O5. The number of nitrogens with one attached hydrogen (secondary N) is 1. The summed E-state index contributed by atoms with van der Waals surface area (Å²) in [6.45, 7) is 1.79. The maximum absolute atomic E-state index is 12.4. The minimum absolute atomic E-state index is 0.134. The van der Waals surface area contributed by atoms with E-state index in [0.29, 0.717) is 24.2 Å². The van der Waals surface area contributed by atoms with Gasteiger partial charge in [-0.2, -0.15) is 0 Å². The van der Waals surface area contributed by atoms with Crippen LogP contribution in [0.25, 0.3) is 0 Å². The molecule has 1 spiro atoms. The Morgan fingerprint density at radius 3 is 2.91 bits per heavy atom. The number of carbonyl (C=O) groups excluding carboxylic acids is 2. The van der Waals surface area contributed by atoms with Gasteiger partial charge in [-0.1, -0.05) is 11.6 Å². The zero-order valence-corrected chi connectivity index (χ0v) is 12.8. The second-order valence-electron chi connectivity index (χ2n) is 6.01. The SMILES string of the molecule is Cc1ccc2c(c1)C(=O)N[C@]1(CCC(=O)N(CC(=O)O)CC1)O2. The van der Waals surface area contributed by atoms with Crippen molar-refractivity contribution in [1.29, 1.82) is 0 Å². The number of nitrogens with zero attached hydrogens (tertiary/aromatic N) is 1. The molecule has 0 aromatic heterocycles. The average Bonchev–Trinajstić information content (AvgIpc) is 2.62. The lowest BCUT2D eigenvalue weighted by Gasteiger charge is -2.38. The lowest BCUT2D eigenvalue weighted by molar-refractivity contribution is -0.144. The summed E-state index contributed by atoms with van der Waals surface area (Å²) in [4.78, 5) is 36.6. The summed E-state index contributed by atoms with van der Waals surface area (Å²) in [6, 6.07) is 5.38. The summed E-state index contributed by atoms with van der Waals surface area (Å²) in [5.41, 5.74) is 0.484. The Hall–Kier alpha value is -2.57. The van der Waals surface area contributed by atoms with Crippen LogP contribution in [0.15, 0.2) is 18.2 Å².